The molecule has 2 N–H and O–H groups in total. The van der Waals surface area contributed by atoms with Crippen LogP contribution in [0, 0.1) is 5.82 Å². The molecule has 2 nitrogen and oxygen atoms in total. The summed E-state index contributed by atoms with van der Waals surface area (Å²) in [7, 11) is 0. The summed E-state index contributed by atoms with van der Waals surface area (Å²) < 4.78 is 12.9. The van der Waals surface area contributed by atoms with Gasteiger partial charge in [0.25, 0.3) is 0 Å². The van der Waals surface area contributed by atoms with Gasteiger partial charge in [-0.05, 0) is 37.5 Å². The first-order valence-corrected chi connectivity index (χ1v) is 6.39. The lowest BCUT2D eigenvalue weighted by atomic mass is 10.1. The lowest BCUT2D eigenvalue weighted by molar-refractivity contribution is 0.159. The Morgan fingerprint density at radius 2 is 2.28 bits per heavy atom. The average molecular weight is 272 g/mol. The van der Waals surface area contributed by atoms with Crippen molar-refractivity contribution in [3.05, 3.63) is 47.3 Å². The third-order valence-corrected chi connectivity index (χ3v) is 3.12. The molecule has 0 amide bonds. The zero-order chi connectivity index (χ0) is 13.5. The minimum absolute atomic E-state index is 0.0310. The zero-order valence-corrected chi connectivity index (χ0v) is 11.3. The van der Waals surface area contributed by atoms with E-state index in [2.05, 4.69) is 11.9 Å². The van der Waals surface area contributed by atoms with Gasteiger partial charge >= 0.3 is 0 Å². The Hall–Kier alpha value is -0.900. The van der Waals surface area contributed by atoms with Crippen molar-refractivity contribution in [1.82, 2.24) is 5.32 Å². The second kappa shape index (κ2) is 7.52. The maximum atomic E-state index is 12.9. The van der Waals surface area contributed by atoms with Crippen LogP contribution in [0.1, 0.15) is 31.4 Å². The summed E-state index contributed by atoms with van der Waals surface area (Å²) in [4.78, 5) is 0. The van der Waals surface area contributed by atoms with Crippen LogP contribution in [-0.2, 0) is 0 Å². The molecule has 1 aromatic rings. The summed E-state index contributed by atoms with van der Waals surface area (Å²) in [5.41, 5.74) is 0.828. The third kappa shape index (κ3) is 4.77. The lowest BCUT2D eigenvalue weighted by Crippen LogP contribution is -2.29. The molecule has 0 saturated carbocycles. The maximum Gasteiger partial charge on any atom is 0.124 e. The number of hydrogen-bond donors (Lipinski definition) is 2. The van der Waals surface area contributed by atoms with Gasteiger partial charge in [0.15, 0.2) is 0 Å². The van der Waals surface area contributed by atoms with Gasteiger partial charge in [-0.3, -0.25) is 0 Å². The largest absolute Gasteiger partial charge is 0.392 e. The topological polar surface area (TPSA) is 32.3 Å². The fourth-order valence-corrected chi connectivity index (χ4v) is 2.02. The predicted molar refractivity (Wildman–Crippen MR) is 73.3 cm³/mol. The van der Waals surface area contributed by atoms with Gasteiger partial charge in [-0.25, -0.2) is 4.39 Å². The maximum absolute atomic E-state index is 12.9. The van der Waals surface area contributed by atoms with Crippen molar-refractivity contribution in [2.75, 3.05) is 6.54 Å². The molecule has 0 aliphatic rings. The Kier molecular flexibility index (Phi) is 6.33. The molecule has 2 unspecified atom stereocenters. The van der Waals surface area contributed by atoms with E-state index in [4.69, 9.17) is 11.6 Å². The summed E-state index contributed by atoms with van der Waals surface area (Å²) >= 11 is 5.97. The average Bonchev–Trinajstić information content (AvgIpc) is 2.33. The number of aliphatic hydroxyl groups is 1. The van der Waals surface area contributed by atoms with Gasteiger partial charge in [-0.15, -0.1) is 6.58 Å². The molecule has 0 aromatic heterocycles. The summed E-state index contributed by atoms with van der Waals surface area (Å²) in [6, 6.07) is 4.30. The van der Waals surface area contributed by atoms with E-state index in [0.29, 0.717) is 18.0 Å². The molecule has 0 spiro atoms. The van der Waals surface area contributed by atoms with E-state index in [1.807, 2.05) is 6.92 Å². The second-order valence-electron chi connectivity index (χ2n) is 4.32. The number of rotatable bonds is 7. The fraction of sp³-hybridized carbons (Fsp3) is 0.429. The van der Waals surface area contributed by atoms with Crippen LogP contribution in [0.25, 0.3) is 0 Å². The highest BCUT2D eigenvalue weighted by Gasteiger charge is 2.11. The van der Waals surface area contributed by atoms with Crippen molar-refractivity contribution in [3.63, 3.8) is 0 Å². The van der Waals surface area contributed by atoms with Crippen LogP contribution in [0.5, 0.6) is 0 Å². The van der Waals surface area contributed by atoms with E-state index in [9.17, 15) is 9.50 Å². The minimum atomic E-state index is -0.412. The van der Waals surface area contributed by atoms with Crippen molar-refractivity contribution >= 4 is 11.6 Å². The number of aliphatic hydroxyl groups excluding tert-OH is 1. The molecule has 2 atom stereocenters. The summed E-state index contributed by atoms with van der Waals surface area (Å²) in [6.07, 6.45) is 2.84. The van der Waals surface area contributed by atoms with Crippen molar-refractivity contribution in [3.8, 4) is 0 Å². The summed E-state index contributed by atoms with van der Waals surface area (Å²) in [6.45, 7) is 6.02. The van der Waals surface area contributed by atoms with Gasteiger partial charge in [0.1, 0.15) is 5.82 Å². The van der Waals surface area contributed by atoms with Gasteiger partial charge in [0, 0.05) is 17.6 Å². The van der Waals surface area contributed by atoms with Crippen LogP contribution in [-0.4, -0.2) is 17.8 Å². The molecule has 0 heterocycles. The minimum Gasteiger partial charge on any atom is -0.392 e. The molecule has 0 radical (unpaired) electrons. The molecule has 0 saturated heterocycles. The standard InChI is InChI=1S/C14H19ClFNO/c1-3-4-5-12(18)9-17-10(2)13-7-6-11(16)8-14(13)15/h3,6-8,10,12,17-18H,1,4-5,9H2,2H3. The SMILES string of the molecule is C=CCCC(O)CNC(C)c1ccc(F)cc1Cl. The number of hydrogen-bond acceptors (Lipinski definition) is 2. The lowest BCUT2D eigenvalue weighted by Gasteiger charge is -2.18. The highest BCUT2D eigenvalue weighted by Crippen LogP contribution is 2.23. The van der Waals surface area contributed by atoms with E-state index < -0.39 is 6.10 Å². The normalized spacial score (nSPS) is 14.2. The quantitative estimate of drug-likeness (QED) is 0.745. The van der Waals surface area contributed by atoms with Gasteiger partial charge in [-0.1, -0.05) is 23.7 Å². The monoisotopic (exact) mass is 271 g/mol. The highest BCUT2D eigenvalue weighted by atomic mass is 35.5. The van der Waals surface area contributed by atoms with Crippen LogP contribution >= 0.6 is 11.6 Å². The van der Waals surface area contributed by atoms with Crippen molar-refractivity contribution in [2.24, 2.45) is 0 Å². The first-order chi connectivity index (χ1) is 8.54. The van der Waals surface area contributed by atoms with Crippen LogP contribution in [0.3, 0.4) is 0 Å². The Bertz CT molecular complexity index is 397. The van der Waals surface area contributed by atoms with Gasteiger partial charge in [-0.2, -0.15) is 0 Å². The molecule has 1 rings (SSSR count). The number of halogens is 2. The second-order valence-corrected chi connectivity index (χ2v) is 4.72. The Balaban J connectivity index is 2.49. The van der Waals surface area contributed by atoms with Gasteiger partial charge in [0.2, 0.25) is 0 Å². The van der Waals surface area contributed by atoms with Crippen molar-refractivity contribution in [2.45, 2.75) is 31.9 Å². The van der Waals surface area contributed by atoms with E-state index in [-0.39, 0.29) is 11.9 Å². The zero-order valence-electron chi connectivity index (χ0n) is 10.5. The van der Waals surface area contributed by atoms with E-state index >= 15 is 0 Å². The van der Waals surface area contributed by atoms with Crippen LogP contribution in [0.4, 0.5) is 4.39 Å². The third-order valence-electron chi connectivity index (χ3n) is 2.79. The number of allylic oxidation sites excluding steroid dienone is 1. The first-order valence-electron chi connectivity index (χ1n) is 6.02. The highest BCUT2D eigenvalue weighted by molar-refractivity contribution is 6.31. The molecule has 0 bridgehead atoms. The van der Waals surface area contributed by atoms with Gasteiger partial charge < -0.3 is 10.4 Å². The van der Waals surface area contributed by atoms with Gasteiger partial charge in [0.05, 0.1) is 6.10 Å². The predicted octanol–water partition coefficient (Wildman–Crippen LogP) is 3.46. The van der Waals surface area contributed by atoms with E-state index in [1.54, 1.807) is 12.1 Å². The van der Waals surface area contributed by atoms with Crippen LogP contribution in [0.15, 0.2) is 30.9 Å². The van der Waals surface area contributed by atoms with Crippen LogP contribution in [0.2, 0.25) is 5.02 Å². The number of nitrogens with one attached hydrogen (secondary N) is 1. The van der Waals surface area contributed by atoms with Crippen LogP contribution < -0.4 is 5.32 Å². The molecule has 0 aliphatic carbocycles. The molecule has 100 valence electrons. The fourth-order valence-electron chi connectivity index (χ4n) is 1.69. The molecule has 0 fully saturated rings. The number of benzene rings is 1. The molecule has 1 aromatic carbocycles. The Morgan fingerprint density at radius 1 is 1.56 bits per heavy atom. The summed E-state index contributed by atoms with van der Waals surface area (Å²) in [5.74, 6) is -0.345. The molecular formula is C14H19ClFNO. The van der Waals surface area contributed by atoms with Crippen molar-refractivity contribution in [1.29, 1.82) is 0 Å². The molecular weight excluding hydrogens is 253 g/mol. The van der Waals surface area contributed by atoms with E-state index in [0.717, 1.165) is 12.0 Å². The first kappa shape index (κ1) is 15.2. The molecule has 0 aliphatic heterocycles. The Labute approximate surface area is 112 Å². The Morgan fingerprint density at radius 3 is 2.89 bits per heavy atom. The molecule has 4 heteroatoms. The van der Waals surface area contributed by atoms with Crippen molar-refractivity contribution < 1.29 is 9.50 Å². The summed E-state index contributed by atoms with van der Waals surface area (Å²) in [5, 5.41) is 13.3. The van der Waals surface area contributed by atoms with E-state index in [1.165, 1.54) is 12.1 Å². The molecule has 18 heavy (non-hydrogen) atoms. The smallest absolute Gasteiger partial charge is 0.124 e.